The molecule has 0 radical (unpaired) electrons. The molecule has 2 nitrogen and oxygen atoms in total. The summed E-state index contributed by atoms with van der Waals surface area (Å²) in [5, 5.41) is 8.85. The molecule has 0 fully saturated rings. The first-order chi connectivity index (χ1) is 8.61. The van der Waals surface area contributed by atoms with Crippen molar-refractivity contribution in [1.82, 2.24) is 0 Å². The zero-order valence-electron chi connectivity index (χ0n) is 8.95. The Morgan fingerprint density at radius 1 is 1.11 bits per heavy atom. The molecule has 0 atom stereocenters. The average molecular weight is 310 g/mol. The minimum absolute atomic E-state index is 0.0452. The number of hydrogen-bond acceptors (Lipinski definition) is 2. The van der Waals surface area contributed by atoms with E-state index >= 15 is 0 Å². The molecule has 0 aromatic heterocycles. The van der Waals surface area contributed by atoms with E-state index < -0.39 is 11.6 Å². The van der Waals surface area contributed by atoms with Gasteiger partial charge in [-0.2, -0.15) is 5.26 Å². The predicted octanol–water partition coefficient (Wildman–Crippen LogP) is 4.39. The maximum atomic E-state index is 13.3. The summed E-state index contributed by atoms with van der Waals surface area (Å²) in [6, 6.07) is 9.60. The summed E-state index contributed by atoms with van der Waals surface area (Å²) in [5.74, 6) is -0.938. The van der Waals surface area contributed by atoms with Crippen LogP contribution in [0, 0.1) is 23.0 Å². The van der Waals surface area contributed by atoms with Crippen LogP contribution < -0.4 is 4.74 Å². The Bertz CT molecular complexity index is 637. The van der Waals surface area contributed by atoms with E-state index in [9.17, 15) is 8.78 Å². The van der Waals surface area contributed by atoms with E-state index in [0.717, 1.165) is 12.1 Å². The molecule has 0 amide bonds. The van der Waals surface area contributed by atoms with Crippen LogP contribution in [0.2, 0.25) is 0 Å². The van der Waals surface area contributed by atoms with Crippen molar-refractivity contribution >= 4 is 15.9 Å². The van der Waals surface area contributed by atoms with Gasteiger partial charge in [-0.1, -0.05) is 6.07 Å². The van der Waals surface area contributed by atoms with E-state index in [1.165, 1.54) is 24.3 Å². The topological polar surface area (TPSA) is 33.0 Å². The number of nitrogens with zero attached hydrogens (tertiary/aromatic N) is 1. The quantitative estimate of drug-likeness (QED) is 0.824. The molecule has 0 aliphatic carbocycles. The Morgan fingerprint density at radius 3 is 2.61 bits per heavy atom. The second-order valence-electron chi connectivity index (χ2n) is 3.40. The van der Waals surface area contributed by atoms with Gasteiger partial charge >= 0.3 is 0 Å². The summed E-state index contributed by atoms with van der Waals surface area (Å²) in [4.78, 5) is 0. The van der Waals surface area contributed by atoms with Crippen molar-refractivity contribution in [3.8, 4) is 17.6 Å². The lowest BCUT2D eigenvalue weighted by Crippen LogP contribution is -1.92. The van der Waals surface area contributed by atoms with Crippen molar-refractivity contribution in [3.05, 3.63) is 58.1 Å². The fourth-order valence-electron chi connectivity index (χ4n) is 1.37. The van der Waals surface area contributed by atoms with Crippen molar-refractivity contribution in [1.29, 1.82) is 5.26 Å². The summed E-state index contributed by atoms with van der Waals surface area (Å²) in [6.45, 7) is 0. The molecular weight excluding hydrogens is 304 g/mol. The number of halogens is 3. The zero-order valence-corrected chi connectivity index (χ0v) is 10.5. The van der Waals surface area contributed by atoms with E-state index in [4.69, 9.17) is 10.00 Å². The number of hydrogen-bond donors (Lipinski definition) is 0. The Kier molecular flexibility index (Phi) is 3.58. The molecule has 2 aromatic carbocycles. The molecule has 0 heterocycles. The summed E-state index contributed by atoms with van der Waals surface area (Å²) in [5.41, 5.74) is -0.214. The van der Waals surface area contributed by atoms with Crippen LogP contribution in [-0.2, 0) is 0 Å². The van der Waals surface area contributed by atoms with Crippen molar-refractivity contribution in [2.45, 2.75) is 0 Å². The van der Waals surface area contributed by atoms with Crippen LogP contribution in [0.4, 0.5) is 8.78 Å². The first kappa shape index (κ1) is 12.5. The molecule has 0 aliphatic heterocycles. The van der Waals surface area contributed by atoms with Gasteiger partial charge in [0.25, 0.3) is 0 Å². The van der Waals surface area contributed by atoms with Crippen LogP contribution in [0.25, 0.3) is 0 Å². The Labute approximate surface area is 111 Å². The van der Waals surface area contributed by atoms with Crippen molar-refractivity contribution in [3.63, 3.8) is 0 Å². The van der Waals surface area contributed by atoms with Crippen LogP contribution in [0.15, 0.2) is 40.9 Å². The fourth-order valence-corrected chi connectivity index (χ4v) is 1.70. The van der Waals surface area contributed by atoms with Crippen molar-refractivity contribution < 1.29 is 13.5 Å². The zero-order chi connectivity index (χ0) is 13.1. The molecular formula is C13H6BrF2NO. The highest BCUT2D eigenvalue weighted by molar-refractivity contribution is 9.10. The monoisotopic (exact) mass is 309 g/mol. The van der Waals surface area contributed by atoms with Gasteiger partial charge in [0.05, 0.1) is 4.47 Å². The Morgan fingerprint density at radius 2 is 1.89 bits per heavy atom. The van der Waals surface area contributed by atoms with Crippen LogP contribution in [0.5, 0.6) is 11.5 Å². The van der Waals surface area contributed by atoms with E-state index in [2.05, 4.69) is 15.9 Å². The van der Waals surface area contributed by atoms with E-state index in [1.807, 2.05) is 0 Å². The van der Waals surface area contributed by atoms with Gasteiger partial charge in [0.2, 0.25) is 0 Å². The third-order valence-corrected chi connectivity index (χ3v) is 2.86. The third kappa shape index (κ3) is 2.49. The summed E-state index contributed by atoms with van der Waals surface area (Å²) >= 11 is 3.18. The normalized spacial score (nSPS) is 9.89. The second kappa shape index (κ2) is 5.15. The Hall–Kier alpha value is -1.93. The number of benzene rings is 2. The SMILES string of the molecule is N#Cc1c(F)cccc1Oc1cc(F)ccc1Br. The van der Waals surface area contributed by atoms with Crippen LogP contribution in [0.1, 0.15) is 5.56 Å². The molecule has 18 heavy (non-hydrogen) atoms. The van der Waals surface area contributed by atoms with Gasteiger partial charge in [0.1, 0.15) is 34.8 Å². The average Bonchev–Trinajstić information content (AvgIpc) is 2.34. The predicted molar refractivity (Wildman–Crippen MR) is 65.3 cm³/mol. The summed E-state index contributed by atoms with van der Waals surface area (Å²) in [6.07, 6.45) is 0. The van der Waals surface area contributed by atoms with Crippen LogP contribution in [0.3, 0.4) is 0 Å². The standard InChI is InChI=1S/C13H6BrF2NO/c14-10-5-4-8(15)6-13(10)18-12-3-1-2-11(16)9(12)7-17/h1-6H. The molecule has 0 unspecified atom stereocenters. The van der Waals surface area contributed by atoms with E-state index in [0.29, 0.717) is 4.47 Å². The third-order valence-electron chi connectivity index (χ3n) is 2.20. The Balaban J connectivity index is 2.44. The number of ether oxygens (including phenoxy) is 1. The largest absolute Gasteiger partial charge is 0.455 e. The molecule has 0 spiro atoms. The van der Waals surface area contributed by atoms with Gasteiger partial charge in [-0.15, -0.1) is 0 Å². The number of nitriles is 1. The maximum Gasteiger partial charge on any atom is 0.148 e. The minimum Gasteiger partial charge on any atom is -0.455 e. The van der Waals surface area contributed by atoms with Crippen molar-refractivity contribution in [2.75, 3.05) is 0 Å². The molecule has 90 valence electrons. The minimum atomic E-state index is -0.678. The fraction of sp³-hybridized carbons (Fsp3) is 0. The molecule has 0 saturated carbocycles. The number of rotatable bonds is 2. The molecule has 0 saturated heterocycles. The molecule has 0 bridgehead atoms. The first-order valence-electron chi connectivity index (χ1n) is 4.93. The second-order valence-corrected chi connectivity index (χ2v) is 4.26. The van der Waals surface area contributed by atoms with E-state index in [-0.39, 0.29) is 17.1 Å². The maximum absolute atomic E-state index is 13.3. The smallest absolute Gasteiger partial charge is 0.148 e. The summed E-state index contributed by atoms with van der Waals surface area (Å²) in [7, 11) is 0. The van der Waals surface area contributed by atoms with Crippen molar-refractivity contribution in [2.24, 2.45) is 0 Å². The van der Waals surface area contributed by atoms with Gasteiger partial charge in [-0.3, -0.25) is 0 Å². The van der Waals surface area contributed by atoms with Gasteiger partial charge < -0.3 is 4.74 Å². The van der Waals surface area contributed by atoms with Gasteiger partial charge in [-0.25, -0.2) is 8.78 Å². The highest BCUT2D eigenvalue weighted by atomic mass is 79.9. The molecule has 2 aromatic rings. The van der Waals surface area contributed by atoms with E-state index in [1.54, 1.807) is 6.07 Å². The van der Waals surface area contributed by atoms with Crippen LogP contribution >= 0.6 is 15.9 Å². The molecule has 0 N–H and O–H groups in total. The highest BCUT2D eigenvalue weighted by Crippen LogP contribution is 2.32. The lowest BCUT2D eigenvalue weighted by Gasteiger charge is -2.09. The lowest BCUT2D eigenvalue weighted by molar-refractivity contribution is 0.466. The molecule has 0 aliphatic rings. The molecule has 5 heteroatoms. The van der Waals surface area contributed by atoms with Crippen LogP contribution in [-0.4, -0.2) is 0 Å². The summed E-state index contributed by atoms with van der Waals surface area (Å²) < 4.78 is 32.3. The lowest BCUT2D eigenvalue weighted by atomic mass is 10.2. The van der Waals surface area contributed by atoms with Gasteiger partial charge in [-0.05, 0) is 40.2 Å². The highest BCUT2D eigenvalue weighted by Gasteiger charge is 2.11. The first-order valence-corrected chi connectivity index (χ1v) is 5.72. The molecule has 2 rings (SSSR count). The van der Waals surface area contributed by atoms with Gasteiger partial charge in [0, 0.05) is 6.07 Å². The van der Waals surface area contributed by atoms with Gasteiger partial charge in [0.15, 0.2) is 0 Å².